The van der Waals surface area contributed by atoms with Crippen molar-refractivity contribution < 1.29 is 9.53 Å². The van der Waals surface area contributed by atoms with E-state index in [1.54, 1.807) is 0 Å². The minimum atomic E-state index is -0.0832. The van der Waals surface area contributed by atoms with E-state index in [-0.39, 0.29) is 17.5 Å². The summed E-state index contributed by atoms with van der Waals surface area (Å²) in [7, 11) is 0. The normalized spacial score (nSPS) is 34.6. The highest BCUT2D eigenvalue weighted by Crippen LogP contribution is 2.48. The van der Waals surface area contributed by atoms with Gasteiger partial charge in [-0.1, -0.05) is 46.0 Å². The first kappa shape index (κ1) is 17.3. The lowest BCUT2D eigenvalue weighted by Gasteiger charge is -2.40. The Morgan fingerprint density at radius 3 is 2.26 bits per heavy atom. The van der Waals surface area contributed by atoms with Gasteiger partial charge in [0.1, 0.15) is 5.60 Å². The van der Waals surface area contributed by atoms with Crippen LogP contribution in [0.5, 0.6) is 0 Å². The summed E-state index contributed by atoms with van der Waals surface area (Å²) in [5.41, 5.74) is -0.0832. The molecule has 0 aliphatic heterocycles. The lowest BCUT2D eigenvalue weighted by molar-refractivity contribution is -0.174. The molecule has 0 heterocycles. The lowest BCUT2D eigenvalue weighted by atomic mass is 9.75. The molecule has 0 aromatic heterocycles. The van der Waals surface area contributed by atoms with Crippen LogP contribution in [0.3, 0.4) is 0 Å². The van der Waals surface area contributed by atoms with Crippen LogP contribution < -0.4 is 0 Å². The summed E-state index contributed by atoms with van der Waals surface area (Å²) in [6.45, 7) is 4.51. The molecule has 3 atom stereocenters. The van der Waals surface area contributed by atoms with Crippen LogP contribution in [0, 0.1) is 23.7 Å². The largest absolute Gasteiger partial charge is 0.459 e. The average Bonchev–Trinajstić information content (AvgIpc) is 3.22. The average molecular weight is 321 g/mol. The van der Waals surface area contributed by atoms with Gasteiger partial charge < -0.3 is 4.74 Å². The van der Waals surface area contributed by atoms with Crippen molar-refractivity contribution in [2.75, 3.05) is 0 Å². The van der Waals surface area contributed by atoms with Gasteiger partial charge in [0.25, 0.3) is 0 Å². The zero-order valence-corrected chi connectivity index (χ0v) is 15.3. The maximum absolute atomic E-state index is 13.1. The molecule has 0 saturated heterocycles. The van der Waals surface area contributed by atoms with Gasteiger partial charge in [0.15, 0.2) is 0 Å². The highest BCUT2D eigenvalue weighted by molar-refractivity contribution is 5.73. The molecule has 3 aliphatic carbocycles. The number of carbonyl (C=O) groups is 1. The Balaban J connectivity index is 1.68. The molecule has 0 aromatic rings. The molecule has 132 valence electrons. The van der Waals surface area contributed by atoms with Crippen molar-refractivity contribution in [3.63, 3.8) is 0 Å². The van der Waals surface area contributed by atoms with Crippen LogP contribution in [0.2, 0.25) is 0 Å². The second kappa shape index (κ2) is 7.57. The third-order valence-corrected chi connectivity index (χ3v) is 7.30. The molecule has 23 heavy (non-hydrogen) atoms. The Morgan fingerprint density at radius 1 is 0.957 bits per heavy atom. The molecule has 0 spiro atoms. The topological polar surface area (TPSA) is 26.3 Å². The van der Waals surface area contributed by atoms with E-state index in [2.05, 4.69) is 13.8 Å². The summed E-state index contributed by atoms with van der Waals surface area (Å²) >= 11 is 0. The quantitative estimate of drug-likeness (QED) is 0.591. The van der Waals surface area contributed by atoms with Crippen molar-refractivity contribution in [3.8, 4) is 0 Å². The van der Waals surface area contributed by atoms with E-state index < -0.39 is 0 Å². The molecular weight excluding hydrogens is 284 g/mol. The molecule has 3 fully saturated rings. The number of carbonyl (C=O) groups excluding carboxylic acids is 1. The highest BCUT2D eigenvalue weighted by atomic mass is 16.6. The van der Waals surface area contributed by atoms with Crippen LogP contribution in [-0.2, 0) is 9.53 Å². The van der Waals surface area contributed by atoms with Crippen LogP contribution in [0.4, 0.5) is 0 Å². The highest BCUT2D eigenvalue weighted by Gasteiger charge is 2.47. The van der Waals surface area contributed by atoms with Crippen LogP contribution in [0.1, 0.15) is 97.3 Å². The Morgan fingerprint density at radius 2 is 1.65 bits per heavy atom. The Bertz CT molecular complexity index is 391. The fourth-order valence-electron chi connectivity index (χ4n) is 5.79. The number of hydrogen-bond acceptors (Lipinski definition) is 2. The lowest BCUT2D eigenvalue weighted by Crippen LogP contribution is -2.43. The number of ether oxygens (including phenoxy) is 1. The van der Waals surface area contributed by atoms with E-state index in [1.807, 2.05) is 0 Å². The summed E-state index contributed by atoms with van der Waals surface area (Å²) in [5.74, 6) is 2.31. The molecule has 3 rings (SSSR count). The van der Waals surface area contributed by atoms with Crippen molar-refractivity contribution in [2.24, 2.45) is 23.7 Å². The molecule has 3 aliphatic rings. The molecule has 0 bridgehead atoms. The predicted octanol–water partition coefficient (Wildman–Crippen LogP) is 5.89. The van der Waals surface area contributed by atoms with Gasteiger partial charge in [0.05, 0.1) is 5.92 Å². The molecule has 0 amide bonds. The Kier molecular flexibility index (Phi) is 5.69. The minimum Gasteiger partial charge on any atom is -0.459 e. The van der Waals surface area contributed by atoms with Gasteiger partial charge in [-0.05, 0) is 69.1 Å². The van der Waals surface area contributed by atoms with E-state index in [1.165, 1.54) is 57.8 Å². The fourth-order valence-corrected chi connectivity index (χ4v) is 5.79. The van der Waals surface area contributed by atoms with Crippen LogP contribution >= 0.6 is 0 Å². The number of rotatable bonds is 5. The Labute approximate surface area is 142 Å². The van der Waals surface area contributed by atoms with Gasteiger partial charge in [0.2, 0.25) is 0 Å². The smallest absolute Gasteiger partial charge is 0.309 e. The van der Waals surface area contributed by atoms with Gasteiger partial charge in [-0.15, -0.1) is 0 Å². The molecule has 3 unspecified atom stereocenters. The van der Waals surface area contributed by atoms with Crippen molar-refractivity contribution >= 4 is 5.97 Å². The fraction of sp³-hybridized carbons (Fsp3) is 0.952. The maximum atomic E-state index is 13.1. The van der Waals surface area contributed by atoms with E-state index in [0.717, 1.165) is 31.6 Å². The molecule has 0 N–H and O–H groups in total. The monoisotopic (exact) mass is 320 g/mol. The summed E-state index contributed by atoms with van der Waals surface area (Å²) < 4.78 is 6.41. The zero-order chi connectivity index (χ0) is 16.3. The minimum absolute atomic E-state index is 0.0832. The third kappa shape index (κ3) is 3.61. The van der Waals surface area contributed by atoms with E-state index in [4.69, 9.17) is 4.74 Å². The van der Waals surface area contributed by atoms with Crippen LogP contribution in [0.15, 0.2) is 0 Å². The molecular formula is C21H36O2. The second-order valence-corrected chi connectivity index (χ2v) is 8.55. The van der Waals surface area contributed by atoms with Crippen molar-refractivity contribution in [3.05, 3.63) is 0 Å². The summed E-state index contributed by atoms with van der Waals surface area (Å²) in [5, 5.41) is 0. The number of hydrogen-bond donors (Lipinski definition) is 0. The first-order chi connectivity index (χ1) is 11.2. The van der Waals surface area contributed by atoms with Crippen molar-refractivity contribution in [2.45, 2.75) is 103 Å². The van der Waals surface area contributed by atoms with Crippen LogP contribution in [-0.4, -0.2) is 11.6 Å². The van der Waals surface area contributed by atoms with E-state index in [9.17, 15) is 4.79 Å². The van der Waals surface area contributed by atoms with Gasteiger partial charge in [-0.3, -0.25) is 4.79 Å². The molecule has 0 aromatic carbocycles. The predicted molar refractivity (Wildman–Crippen MR) is 94.2 cm³/mol. The number of esters is 1. The van der Waals surface area contributed by atoms with Crippen molar-refractivity contribution in [1.82, 2.24) is 0 Å². The van der Waals surface area contributed by atoms with Crippen molar-refractivity contribution in [1.29, 1.82) is 0 Å². The maximum Gasteiger partial charge on any atom is 0.309 e. The molecule has 3 saturated carbocycles. The first-order valence-electron chi connectivity index (χ1n) is 10.4. The van der Waals surface area contributed by atoms with Gasteiger partial charge >= 0.3 is 5.97 Å². The van der Waals surface area contributed by atoms with Gasteiger partial charge in [-0.2, -0.15) is 0 Å². The summed E-state index contributed by atoms with van der Waals surface area (Å²) in [6, 6.07) is 0. The van der Waals surface area contributed by atoms with Gasteiger partial charge in [-0.25, -0.2) is 0 Å². The zero-order valence-electron chi connectivity index (χ0n) is 15.3. The summed E-state index contributed by atoms with van der Waals surface area (Å²) in [4.78, 5) is 13.1. The summed E-state index contributed by atoms with van der Waals surface area (Å²) in [6.07, 6.45) is 16.0. The second-order valence-electron chi connectivity index (χ2n) is 8.55. The third-order valence-electron chi connectivity index (χ3n) is 7.30. The SMILES string of the molecule is CCC1CC(CC)C(C(=O)OC2(C3CCCCC3)CCCC2)C1. The van der Waals surface area contributed by atoms with Crippen LogP contribution in [0.25, 0.3) is 0 Å². The molecule has 2 heteroatoms. The molecule has 2 nitrogen and oxygen atoms in total. The Hall–Kier alpha value is -0.530. The van der Waals surface area contributed by atoms with E-state index >= 15 is 0 Å². The first-order valence-corrected chi connectivity index (χ1v) is 10.4. The standard InChI is InChI=1S/C21H36O2/c1-3-16-14-17(4-2)19(15-16)20(22)23-21(12-8-9-13-21)18-10-6-5-7-11-18/h16-19H,3-15H2,1-2H3. The van der Waals surface area contributed by atoms with Gasteiger partial charge in [0, 0.05) is 0 Å². The molecule has 0 radical (unpaired) electrons. The van der Waals surface area contributed by atoms with E-state index in [0.29, 0.717) is 11.8 Å².